The highest BCUT2D eigenvalue weighted by molar-refractivity contribution is 6.63. The number of hydrogen-bond donors (Lipinski definition) is 4. The second-order valence-electron chi connectivity index (χ2n) is 27.5. The SMILES string of the molecule is CC1(C)OB(c2ccc(C3=c4ccc([nH]4)=C(c4ccc(B5OC(C)(C)C(C)(C)O5)cc4)c4ccc([nH]4)C(c4ccc(B5OC(C)(C)C(C)(C)O5)cc4)=c4ccc([nH]4)=C(c4ccc(B5OC(C)(C)C(C)(C)O5)cc4)c4ccc3[nH]4)cc2)OC1(C)C. The molecule has 428 valence electrons. The van der Waals surface area contributed by atoms with E-state index in [0.29, 0.717) is 0 Å². The van der Waals surface area contributed by atoms with Crippen molar-refractivity contribution in [1.29, 1.82) is 0 Å². The molecule has 0 radical (unpaired) electrons. The number of fused-ring (bicyclic) bond motifs is 8. The first-order chi connectivity index (χ1) is 39.5. The van der Waals surface area contributed by atoms with E-state index in [9.17, 15) is 0 Å². The molecule has 16 heteroatoms. The Morgan fingerprint density at radius 3 is 0.548 bits per heavy atom. The Kier molecular flexibility index (Phi) is 13.1. The lowest BCUT2D eigenvalue weighted by Crippen LogP contribution is -2.41. The standard InChI is InChI=1S/C68H76B4N4O8/c1-61(2)62(3,4)78-69(77-61)45-25-17-41(18-26-45)57-49-33-35-51(73-49)58(42-19-27-46(28-20-42)70-79-63(5,6)64(7,8)80-70)53-37-39-55(75-53)60(44-23-31-48(32-24-44)72-83-67(13,14)68(15,16)84-72)56-40-38-54(76-56)59(52-36-34-50(57)74-52)43-21-29-47(30-22-43)71-81-65(9,10)66(11,12)82-71/h17-40,73-76H,1-16H3. The first kappa shape index (κ1) is 56.5. The lowest BCUT2D eigenvalue weighted by molar-refractivity contribution is 0.00578. The predicted molar refractivity (Wildman–Crippen MR) is 337 cm³/mol. The molecule has 0 spiro atoms. The minimum absolute atomic E-state index is 0.475. The van der Waals surface area contributed by atoms with Gasteiger partial charge in [0.1, 0.15) is 0 Å². The van der Waals surface area contributed by atoms with Crippen LogP contribution in [0, 0.1) is 0 Å². The van der Waals surface area contributed by atoms with Gasteiger partial charge in [-0.15, -0.1) is 0 Å². The van der Waals surface area contributed by atoms with Crippen molar-refractivity contribution in [3.05, 3.63) is 212 Å². The molecule has 84 heavy (non-hydrogen) atoms. The van der Waals surface area contributed by atoms with E-state index in [0.717, 1.165) is 111 Å². The largest absolute Gasteiger partial charge is 0.494 e. The molecule has 12 nitrogen and oxygen atoms in total. The molecule has 0 saturated carbocycles. The van der Waals surface area contributed by atoms with Crippen molar-refractivity contribution < 1.29 is 37.2 Å². The quantitative estimate of drug-likeness (QED) is 0.115. The highest BCUT2D eigenvalue weighted by Crippen LogP contribution is 2.40. The van der Waals surface area contributed by atoms with Gasteiger partial charge in [0.05, 0.1) is 44.8 Å². The molecule has 8 bridgehead atoms. The number of benzene rings is 4. The Morgan fingerprint density at radius 2 is 0.381 bits per heavy atom. The third-order valence-corrected chi connectivity index (χ3v) is 19.8. The van der Waals surface area contributed by atoms with E-state index in [-0.39, 0.29) is 0 Å². The molecule has 0 aliphatic carbocycles. The average Bonchev–Trinajstić information content (AvgIpc) is 3.73. The Bertz CT molecular complexity index is 3540. The predicted octanol–water partition coefficient (Wildman–Crippen LogP) is 7.50. The van der Waals surface area contributed by atoms with Crippen LogP contribution in [-0.2, 0) is 37.2 Å². The topological polar surface area (TPSA) is 137 Å². The first-order valence-corrected chi connectivity index (χ1v) is 29.6. The van der Waals surface area contributed by atoms with Gasteiger partial charge in [0.15, 0.2) is 0 Å². The summed E-state index contributed by atoms with van der Waals surface area (Å²) in [7, 11) is -2.01. The van der Waals surface area contributed by atoms with E-state index < -0.39 is 73.3 Å². The lowest BCUT2D eigenvalue weighted by atomic mass is 9.78. The second kappa shape index (κ2) is 19.5. The smallest absolute Gasteiger partial charge is 0.399 e. The molecule has 0 atom stereocenters. The van der Waals surface area contributed by atoms with Gasteiger partial charge in [-0.3, -0.25) is 0 Å². The molecule has 5 aliphatic heterocycles. The van der Waals surface area contributed by atoms with Gasteiger partial charge >= 0.3 is 28.5 Å². The average molecular weight is 1120 g/mol. The van der Waals surface area contributed by atoms with E-state index in [1.54, 1.807) is 0 Å². The highest BCUT2D eigenvalue weighted by atomic mass is 16.7. The second-order valence-corrected chi connectivity index (χ2v) is 27.5. The molecule has 4 aromatic carbocycles. The molecule has 0 unspecified atom stereocenters. The van der Waals surface area contributed by atoms with E-state index in [1.807, 2.05) is 0 Å². The number of aromatic amines is 4. The van der Waals surface area contributed by atoms with Crippen LogP contribution in [0.15, 0.2) is 146 Å². The van der Waals surface area contributed by atoms with Crippen LogP contribution in [0.5, 0.6) is 0 Å². The maximum Gasteiger partial charge on any atom is 0.494 e. The fourth-order valence-corrected chi connectivity index (χ4v) is 11.7. The van der Waals surface area contributed by atoms with Gasteiger partial charge in [0.2, 0.25) is 0 Å². The van der Waals surface area contributed by atoms with Crippen LogP contribution in [0.1, 0.15) is 156 Å². The zero-order valence-corrected chi connectivity index (χ0v) is 51.4. The molecule has 13 rings (SSSR count). The molecule has 5 aliphatic rings. The Labute approximate surface area is 495 Å². The van der Waals surface area contributed by atoms with Crippen molar-refractivity contribution in [2.45, 2.75) is 156 Å². The zero-order valence-electron chi connectivity index (χ0n) is 51.4. The third kappa shape index (κ3) is 9.52. The van der Waals surface area contributed by atoms with E-state index in [4.69, 9.17) is 37.2 Å². The summed E-state index contributed by atoms with van der Waals surface area (Å²) in [4.78, 5) is 15.9. The molecular weight excluding hydrogens is 1040 g/mol. The summed E-state index contributed by atoms with van der Waals surface area (Å²) in [6.07, 6.45) is 0. The number of aromatic nitrogens is 4. The van der Waals surface area contributed by atoms with Gasteiger partial charge in [0.25, 0.3) is 0 Å². The summed E-state index contributed by atoms with van der Waals surface area (Å²) in [6.45, 7) is 33.4. The van der Waals surface area contributed by atoms with Crippen molar-refractivity contribution in [2.75, 3.05) is 0 Å². The zero-order chi connectivity index (χ0) is 59.3. The summed E-state index contributed by atoms with van der Waals surface area (Å²) in [5.74, 6) is 0. The van der Waals surface area contributed by atoms with Gasteiger partial charge in [-0.05, 0) is 203 Å². The van der Waals surface area contributed by atoms with Crippen LogP contribution in [-0.4, -0.2) is 93.2 Å². The molecule has 4 saturated heterocycles. The number of rotatable bonds is 8. The van der Waals surface area contributed by atoms with Crippen molar-refractivity contribution in [3.63, 3.8) is 0 Å². The number of hydrogen-bond acceptors (Lipinski definition) is 8. The molecule has 0 amide bonds. The van der Waals surface area contributed by atoms with Crippen molar-refractivity contribution >= 4 is 72.6 Å². The third-order valence-electron chi connectivity index (χ3n) is 19.8. The summed E-state index contributed by atoms with van der Waals surface area (Å²) in [5, 5.41) is 3.71. The fraction of sp³-hybridized carbons (Fsp3) is 0.353. The van der Waals surface area contributed by atoms with Crippen molar-refractivity contribution in [3.8, 4) is 0 Å². The van der Waals surface area contributed by atoms with E-state index in [2.05, 4.69) is 276 Å². The molecule has 4 fully saturated rings. The lowest BCUT2D eigenvalue weighted by Gasteiger charge is -2.32. The monoisotopic (exact) mass is 1120 g/mol. The number of H-pyrrole nitrogens is 4. The Balaban J connectivity index is 1.02. The number of nitrogens with one attached hydrogen (secondary N) is 4. The van der Waals surface area contributed by atoms with Crippen LogP contribution in [0.4, 0.5) is 0 Å². The molecule has 9 heterocycles. The van der Waals surface area contributed by atoms with Crippen LogP contribution in [0.25, 0.3) is 22.3 Å². The Morgan fingerprint density at radius 1 is 0.214 bits per heavy atom. The van der Waals surface area contributed by atoms with Crippen molar-refractivity contribution in [2.24, 2.45) is 0 Å². The van der Waals surface area contributed by atoms with Crippen LogP contribution in [0.2, 0.25) is 0 Å². The maximum absolute atomic E-state index is 6.53. The van der Waals surface area contributed by atoms with Crippen molar-refractivity contribution in [1.82, 2.24) is 19.9 Å². The summed E-state index contributed by atoms with van der Waals surface area (Å²) in [5.41, 5.74) is 11.7. The molecule has 4 N–H and O–H groups in total. The Hall–Kier alpha value is -6.58. The van der Waals surface area contributed by atoms with Gasteiger partial charge in [-0.25, -0.2) is 0 Å². The summed E-state index contributed by atoms with van der Waals surface area (Å²) >= 11 is 0. The molecular formula is C68H76B4N4O8. The van der Waals surface area contributed by atoms with Crippen LogP contribution < -0.4 is 43.2 Å². The minimum Gasteiger partial charge on any atom is -0.399 e. The van der Waals surface area contributed by atoms with Gasteiger partial charge < -0.3 is 57.2 Å². The first-order valence-electron chi connectivity index (χ1n) is 29.6. The van der Waals surface area contributed by atoms with Gasteiger partial charge in [-0.1, -0.05) is 97.1 Å². The van der Waals surface area contributed by atoms with Gasteiger partial charge in [0, 0.05) is 66.5 Å². The minimum atomic E-state index is -0.503. The molecule has 4 aromatic heterocycles. The molecule has 8 aromatic rings. The van der Waals surface area contributed by atoms with E-state index >= 15 is 0 Å². The van der Waals surface area contributed by atoms with Crippen LogP contribution in [0.3, 0.4) is 0 Å². The van der Waals surface area contributed by atoms with Gasteiger partial charge in [-0.2, -0.15) is 0 Å². The van der Waals surface area contributed by atoms with E-state index in [1.165, 1.54) is 0 Å². The maximum atomic E-state index is 6.53. The highest BCUT2D eigenvalue weighted by Gasteiger charge is 2.55. The van der Waals surface area contributed by atoms with Crippen LogP contribution >= 0.6 is 0 Å². The summed E-state index contributed by atoms with van der Waals surface area (Å²) in [6, 6.07) is 51.8. The fourth-order valence-electron chi connectivity index (χ4n) is 11.7. The normalized spacial score (nSPS) is 21.5. The summed E-state index contributed by atoms with van der Waals surface area (Å²) < 4.78 is 52.3.